The SMILES string of the molecule is CC(C)Cc1noc(-c2cccc(C(=O)O)c2)n1. The molecule has 1 aromatic heterocycles. The summed E-state index contributed by atoms with van der Waals surface area (Å²) in [6, 6.07) is 6.45. The molecule has 0 bridgehead atoms. The number of carboxylic acid groups (broad SMARTS) is 1. The first-order valence-corrected chi connectivity index (χ1v) is 5.72. The second kappa shape index (κ2) is 5.00. The molecule has 0 atom stereocenters. The van der Waals surface area contributed by atoms with E-state index in [1.165, 1.54) is 12.1 Å². The Hall–Kier alpha value is -2.17. The van der Waals surface area contributed by atoms with E-state index in [9.17, 15) is 4.79 Å². The maximum absolute atomic E-state index is 10.9. The van der Waals surface area contributed by atoms with E-state index in [1.54, 1.807) is 12.1 Å². The average Bonchev–Trinajstić information content (AvgIpc) is 2.77. The molecule has 0 saturated heterocycles. The van der Waals surface area contributed by atoms with Crippen LogP contribution < -0.4 is 0 Å². The van der Waals surface area contributed by atoms with E-state index >= 15 is 0 Å². The summed E-state index contributed by atoms with van der Waals surface area (Å²) in [5, 5.41) is 12.8. The number of nitrogens with zero attached hydrogens (tertiary/aromatic N) is 2. The predicted octanol–water partition coefficient (Wildman–Crippen LogP) is 2.63. The van der Waals surface area contributed by atoms with Crippen molar-refractivity contribution in [1.29, 1.82) is 0 Å². The zero-order chi connectivity index (χ0) is 13.1. The first-order valence-electron chi connectivity index (χ1n) is 5.72. The Kier molecular flexibility index (Phi) is 3.41. The Labute approximate surface area is 104 Å². The molecule has 0 spiro atoms. The van der Waals surface area contributed by atoms with Crippen molar-refractivity contribution in [2.75, 3.05) is 0 Å². The van der Waals surface area contributed by atoms with Gasteiger partial charge in [-0.2, -0.15) is 4.98 Å². The minimum absolute atomic E-state index is 0.205. The molecule has 0 fully saturated rings. The van der Waals surface area contributed by atoms with Crippen LogP contribution in [0, 0.1) is 5.92 Å². The summed E-state index contributed by atoms with van der Waals surface area (Å²) in [5.41, 5.74) is 0.827. The summed E-state index contributed by atoms with van der Waals surface area (Å²) in [5.74, 6) is 0.467. The highest BCUT2D eigenvalue weighted by Gasteiger charge is 2.11. The molecule has 2 rings (SSSR count). The van der Waals surface area contributed by atoms with Gasteiger partial charge in [-0.15, -0.1) is 0 Å². The first kappa shape index (κ1) is 12.3. The first-order chi connectivity index (χ1) is 8.56. The van der Waals surface area contributed by atoms with Gasteiger partial charge in [-0.3, -0.25) is 0 Å². The van der Waals surface area contributed by atoms with Crippen molar-refractivity contribution < 1.29 is 14.4 Å². The number of aromatic nitrogens is 2. The molecule has 5 nitrogen and oxygen atoms in total. The third kappa shape index (κ3) is 2.74. The van der Waals surface area contributed by atoms with Crippen LogP contribution in [0.4, 0.5) is 0 Å². The highest BCUT2D eigenvalue weighted by molar-refractivity contribution is 5.88. The van der Waals surface area contributed by atoms with Crippen molar-refractivity contribution in [3.8, 4) is 11.5 Å². The Morgan fingerprint density at radius 3 is 2.89 bits per heavy atom. The molecule has 0 aliphatic rings. The molecule has 94 valence electrons. The normalized spacial score (nSPS) is 10.8. The third-order valence-electron chi connectivity index (χ3n) is 2.42. The van der Waals surface area contributed by atoms with Gasteiger partial charge in [0.1, 0.15) is 0 Å². The van der Waals surface area contributed by atoms with Gasteiger partial charge >= 0.3 is 5.97 Å². The van der Waals surface area contributed by atoms with Crippen LogP contribution in [0.2, 0.25) is 0 Å². The number of carbonyl (C=O) groups is 1. The van der Waals surface area contributed by atoms with Gasteiger partial charge in [0, 0.05) is 12.0 Å². The van der Waals surface area contributed by atoms with Crippen LogP contribution in [-0.2, 0) is 6.42 Å². The Morgan fingerprint density at radius 2 is 2.22 bits per heavy atom. The molecule has 18 heavy (non-hydrogen) atoms. The van der Waals surface area contributed by atoms with Gasteiger partial charge in [0.2, 0.25) is 0 Å². The lowest BCUT2D eigenvalue weighted by atomic mass is 10.1. The van der Waals surface area contributed by atoms with Crippen LogP contribution in [0.3, 0.4) is 0 Å². The smallest absolute Gasteiger partial charge is 0.335 e. The van der Waals surface area contributed by atoms with Crippen LogP contribution in [0.15, 0.2) is 28.8 Å². The number of benzene rings is 1. The van der Waals surface area contributed by atoms with E-state index < -0.39 is 5.97 Å². The van der Waals surface area contributed by atoms with Crippen molar-refractivity contribution in [1.82, 2.24) is 10.1 Å². The molecular formula is C13H14N2O3. The van der Waals surface area contributed by atoms with E-state index in [2.05, 4.69) is 24.0 Å². The topological polar surface area (TPSA) is 76.2 Å². The maximum atomic E-state index is 10.9. The number of hydrogen-bond donors (Lipinski definition) is 1. The van der Waals surface area contributed by atoms with Crippen LogP contribution in [0.25, 0.3) is 11.5 Å². The van der Waals surface area contributed by atoms with Gasteiger partial charge in [-0.05, 0) is 24.1 Å². The standard InChI is InChI=1S/C13H14N2O3/c1-8(2)6-11-14-12(18-15-11)9-4-3-5-10(7-9)13(16)17/h3-5,7-8H,6H2,1-2H3,(H,16,17). The fourth-order valence-corrected chi connectivity index (χ4v) is 1.60. The van der Waals surface area contributed by atoms with Gasteiger partial charge in [0.15, 0.2) is 5.82 Å². The molecule has 0 unspecified atom stereocenters. The van der Waals surface area contributed by atoms with Crippen LogP contribution in [0.1, 0.15) is 30.0 Å². The quantitative estimate of drug-likeness (QED) is 0.897. The lowest BCUT2D eigenvalue weighted by molar-refractivity contribution is 0.0697. The van der Waals surface area contributed by atoms with Crippen molar-refractivity contribution in [2.24, 2.45) is 5.92 Å². The zero-order valence-electron chi connectivity index (χ0n) is 10.3. The molecule has 0 amide bonds. The molecule has 1 N–H and O–H groups in total. The van der Waals surface area contributed by atoms with Gasteiger partial charge in [0.25, 0.3) is 5.89 Å². The number of rotatable bonds is 4. The van der Waals surface area contributed by atoms with Gasteiger partial charge in [-0.1, -0.05) is 25.1 Å². The van der Waals surface area contributed by atoms with Crippen LogP contribution in [0.5, 0.6) is 0 Å². The summed E-state index contributed by atoms with van der Waals surface area (Å²) in [6.07, 6.45) is 0.738. The zero-order valence-corrected chi connectivity index (χ0v) is 10.3. The fourth-order valence-electron chi connectivity index (χ4n) is 1.60. The molecule has 2 aromatic rings. The third-order valence-corrected chi connectivity index (χ3v) is 2.42. The van der Waals surface area contributed by atoms with Crippen molar-refractivity contribution >= 4 is 5.97 Å². The summed E-state index contributed by atoms with van der Waals surface area (Å²) in [4.78, 5) is 15.1. The molecule has 0 aliphatic carbocycles. The lowest BCUT2D eigenvalue weighted by Gasteiger charge is -1.97. The molecule has 0 radical (unpaired) electrons. The number of carboxylic acids is 1. The minimum Gasteiger partial charge on any atom is -0.478 e. The largest absolute Gasteiger partial charge is 0.478 e. The maximum Gasteiger partial charge on any atom is 0.335 e. The van der Waals surface area contributed by atoms with Gasteiger partial charge < -0.3 is 9.63 Å². The van der Waals surface area contributed by atoms with Crippen molar-refractivity contribution in [3.63, 3.8) is 0 Å². The fraction of sp³-hybridized carbons (Fsp3) is 0.308. The van der Waals surface area contributed by atoms with E-state index in [1.807, 2.05) is 0 Å². The van der Waals surface area contributed by atoms with Crippen LogP contribution in [-0.4, -0.2) is 21.2 Å². The van der Waals surface area contributed by atoms with E-state index in [4.69, 9.17) is 9.63 Å². The highest BCUT2D eigenvalue weighted by atomic mass is 16.5. The van der Waals surface area contributed by atoms with E-state index in [0.717, 1.165) is 6.42 Å². The van der Waals surface area contributed by atoms with E-state index in [-0.39, 0.29) is 5.56 Å². The summed E-state index contributed by atoms with van der Waals surface area (Å²) < 4.78 is 5.13. The Bertz CT molecular complexity index is 561. The summed E-state index contributed by atoms with van der Waals surface area (Å²) in [6.45, 7) is 4.14. The average molecular weight is 246 g/mol. The van der Waals surface area contributed by atoms with E-state index in [0.29, 0.717) is 23.2 Å². The summed E-state index contributed by atoms with van der Waals surface area (Å²) >= 11 is 0. The van der Waals surface area contributed by atoms with Gasteiger partial charge in [0.05, 0.1) is 5.56 Å². The van der Waals surface area contributed by atoms with Crippen LogP contribution >= 0.6 is 0 Å². The van der Waals surface area contributed by atoms with Crippen molar-refractivity contribution in [2.45, 2.75) is 20.3 Å². The van der Waals surface area contributed by atoms with Gasteiger partial charge in [-0.25, -0.2) is 4.79 Å². The molecule has 1 heterocycles. The lowest BCUT2D eigenvalue weighted by Crippen LogP contribution is -1.97. The minimum atomic E-state index is -0.973. The number of aromatic carboxylic acids is 1. The molecule has 1 aromatic carbocycles. The Balaban J connectivity index is 2.28. The monoisotopic (exact) mass is 246 g/mol. The molecule has 0 saturated carbocycles. The second-order valence-electron chi connectivity index (χ2n) is 4.50. The molecule has 0 aliphatic heterocycles. The summed E-state index contributed by atoms with van der Waals surface area (Å²) in [7, 11) is 0. The highest BCUT2D eigenvalue weighted by Crippen LogP contribution is 2.19. The molecular weight excluding hydrogens is 232 g/mol. The number of hydrogen-bond acceptors (Lipinski definition) is 4. The second-order valence-corrected chi connectivity index (χ2v) is 4.50. The Morgan fingerprint density at radius 1 is 1.44 bits per heavy atom. The van der Waals surface area contributed by atoms with Crippen molar-refractivity contribution in [3.05, 3.63) is 35.7 Å². The molecule has 5 heteroatoms. The predicted molar refractivity (Wildman–Crippen MR) is 65.2 cm³/mol.